The first kappa shape index (κ1) is 24.2. The third kappa shape index (κ3) is 5.95. The Balaban J connectivity index is 1.46. The van der Waals surface area contributed by atoms with Crippen molar-refractivity contribution in [3.63, 3.8) is 0 Å². The van der Waals surface area contributed by atoms with Crippen LogP contribution in [0.25, 0.3) is 0 Å². The summed E-state index contributed by atoms with van der Waals surface area (Å²) < 4.78 is 22.8. The van der Waals surface area contributed by atoms with Crippen molar-refractivity contribution in [2.24, 2.45) is 0 Å². The lowest BCUT2D eigenvalue weighted by Gasteiger charge is -2.31. The maximum atomic E-state index is 12.5. The number of carbonyl (C=O) groups is 1. The highest BCUT2D eigenvalue weighted by Crippen LogP contribution is 2.28. The number of rotatable bonds is 8. The Morgan fingerprint density at radius 3 is 2.76 bits per heavy atom. The fourth-order valence-electron chi connectivity index (χ4n) is 4.17. The molecule has 0 aliphatic carbocycles. The zero-order valence-corrected chi connectivity index (χ0v) is 20.5. The number of ether oxygens (including phenoxy) is 4. The summed E-state index contributed by atoms with van der Waals surface area (Å²) in [7, 11) is 0. The van der Waals surface area contributed by atoms with E-state index in [1.807, 2.05) is 58.9 Å². The summed E-state index contributed by atoms with van der Waals surface area (Å²) in [6.45, 7) is 11.5. The van der Waals surface area contributed by atoms with Gasteiger partial charge < -0.3 is 24.3 Å². The summed E-state index contributed by atoms with van der Waals surface area (Å²) in [5.74, 6) is 1.70. The molecular weight excluding hydrogens is 436 g/mol. The van der Waals surface area contributed by atoms with Gasteiger partial charge in [-0.05, 0) is 58.4 Å². The molecule has 2 aliphatic heterocycles. The molecule has 4 atom stereocenters. The molecule has 4 rings (SSSR count). The first-order valence-electron chi connectivity index (χ1n) is 11.8. The Morgan fingerprint density at radius 2 is 2.03 bits per heavy atom. The minimum atomic E-state index is -0.437. The molecule has 2 saturated heterocycles. The number of anilines is 2. The second-order valence-corrected chi connectivity index (χ2v) is 9.73. The summed E-state index contributed by atoms with van der Waals surface area (Å²) >= 11 is 0. The van der Waals surface area contributed by atoms with Gasteiger partial charge in [0, 0.05) is 12.6 Å². The van der Waals surface area contributed by atoms with Crippen LogP contribution >= 0.6 is 0 Å². The van der Waals surface area contributed by atoms with Gasteiger partial charge in [0.05, 0.1) is 31.0 Å². The number of cyclic esters (lactones) is 1. The van der Waals surface area contributed by atoms with Gasteiger partial charge in [-0.15, -0.1) is 0 Å². The molecule has 9 nitrogen and oxygen atoms in total. The van der Waals surface area contributed by atoms with Crippen LogP contribution < -0.4 is 15.0 Å². The number of amides is 1. The van der Waals surface area contributed by atoms with E-state index in [1.54, 1.807) is 17.2 Å². The summed E-state index contributed by atoms with van der Waals surface area (Å²) in [6, 6.07) is 9.31. The van der Waals surface area contributed by atoms with Gasteiger partial charge >= 0.3 is 6.09 Å². The van der Waals surface area contributed by atoms with Crippen molar-refractivity contribution in [2.45, 2.75) is 70.9 Å². The lowest BCUT2D eigenvalue weighted by atomic mass is 10.1. The number of carbonyl (C=O) groups excluding carboxylic acids is 1. The van der Waals surface area contributed by atoms with Gasteiger partial charge in [0.15, 0.2) is 0 Å². The molecule has 1 amide bonds. The third-order valence-electron chi connectivity index (χ3n) is 5.77. The van der Waals surface area contributed by atoms with Gasteiger partial charge in [0.1, 0.15) is 30.3 Å². The minimum absolute atomic E-state index is 0.0805. The second kappa shape index (κ2) is 10.1. The standard InChI is InChI=1S/C25H34N4O5/c1-16(18-7-6-8-19(13-18)33-20-10-12-31-14-20)27-23-26-11-9-22(28-23)29-21(15-32-24(29)30)17(2)34-25(3,4)5/h6-9,11,13,16-17,20-21H,10,12,14-15H2,1-5H3,(H,26,27,28)/t16-,17+,20?,21?/m0/s1. The van der Waals surface area contributed by atoms with Crippen molar-refractivity contribution < 1.29 is 23.7 Å². The van der Waals surface area contributed by atoms with Crippen molar-refractivity contribution in [2.75, 3.05) is 30.0 Å². The molecule has 0 saturated carbocycles. The van der Waals surface area contributed by atoms with Crippen LogP contribution in [-0.4, -0.2) is 59.7 Å². The first-order chi connectivity index (χ1) is 16.2. The topological polar surface area (TPSA) is 95.0 Å². The van der Waals surface area contributed by atoms with Gasteiger partial charge in [0.2, 0.25) is 5.95 Å². The Bertz CT molecular complexity index is 989. The number of hydrogen-bond acceptors (Lipinski definition) is 8. The zero-order valence-electron chi connectivity index (χ0n) is 20.5. The summed E-state index contributed by atoms with van der Waals surface area (Å²) in [5.41, 5.74) is 0.698. The van der Waals surface area contributed by atoms with Crippen molar-refractivity contribution >= 4 is 17.9 Å². The predicted octanol–water partition coefficient (Wildman–Crippen LogP) is 4.35. The Hall–Kier alpha value is -2.91. The van der Waals surface area contributed by atoms with Crippen LogP contribution in [-0.2, 0) is 14.2 Å². The highest BCUT2D eigenvalue weighted by Gasteiger charge is 2.40. The molecule has 0 spiro atoms. The summed E-state index contributed by atoms with van der Waals surface area (Å²) in [5, 5.41) is 3.33. The molecule has 184 valence electrons. The number of aromatic nitrogens is 2. The molecule has 0 radical (unpaired) electrons. The van der Waals surface area contributed by atoms with Crippen LogP contribution in [0.4, 0.5) is 16.6 Å². The van der Waals surface area contributed by atoms with Gasteiger partial charge in [-0.3, -0.25) is 4.90 Å². The normalized spacial score (nSPS) is 22.4. The molecule has 1 aromatic carbocycles. The highest BCUT2D eigenvalue weighted by atomic mass is 16.6. The fourth-order valence-corrected chi connectivity index (χ4v) is 4.17. The zero-order chi connectivity index (χ0) is 24.3. The van der Waals surface area contributed by atoms with Gasteiger partial charge in [-0.2, -0.15) is 4.98 Å². The molecule has 0 bridgehead atoms. The van der Waals surface area contributed by atoms with Crippen LogP contribution in [0.15, 0.2) is 36.5 Å². The molecule has 2 aromatic rings. The number of benzene rings is 1. The first-order valence-corrected chi connectivity index (χ1v) is 11.8. The molecule has 1 N–H and O–H groups in total. The smallest absolute Gasteiger partial charge is 0.416 e. The van der Waals surface area contributed by atoms with Gasteiger partial charge in [-0.25, -0.2) is 9.78 Å². The fraction of sp³-hybridized carbons (Fsp3) is 0.560. The Morgan fingerprint density at radius 1 is 1.21 bits per heavy atom. The molecule has 1 aromatic heterocycles. The number of nitrogens with zero attached hydrogens (tertiary/aromatic N) is 3. The van der Waals surface area contributed by atoms with Crippen LogP contribution in [0.1, 0.15) is 52.6 Å². The predicted molar refractivity (Wildman–Crippen MR) is 128 cm³/mol. The number of nitrogens with one attached hydrogen (secondary N) is 1. The monoisotopic (exact) mass is 470 g/mol. The van der Waals surface area contributed by atoms with E-state index in [0.29, 0.717) is 18.4 Å². The lowest BCUT2D eigenvalue weighted by molar-refractivity contribution is -0.0618. The van der Waals surface area contributed by atoms with Gasteiger partial charge in [0.25, 0.3) is 0 Å². The van der Waals surface area contributed by atoms with E-state index in [4.69, 9.17) is 18.9 Å². The molecule has 2 unspecified atom stereocenters. The molecule has 9 heteroatoms. The molecule has 3 heterocycles. The van der Waals surface area contributed by atoms with E-state index in [-0.39, 0.29) is 36.5 Å². The van der Waals surface area contributed by atoms with Crippen molar-refractivity contribution in [3.05, 3.63) is 42.1 Å². The summed E-state index contributed by atoms with van der Waals surface area (Å²) in [6.07, 6.45) is 1.96. The largest absolute Gasteiger partial charge is 0.488 e. The average Bonchev–Trinajstić information content (AvgIpc) is 3.42. The van der Waals surface area contributed by atoms with E-state index >= 15 is 0 Å². The number of hydrogen-bond donors (Lipinski definition) is 1. The minimum Gasteiger partial charge on any atom is -0.488 e. The SMILES string of the molecule is C[C@H](Nc1nccc(N2C(=O)OCC2[C@@H](C)OC(C)(C)C)n1)c1cccc(OC2CCOC2)c1. The second-order valence-electron chi connectivity index (χ2n) is 9.73. The molecular formula is C25H34N4O5. The van der Waals surface area contributed by atoms with Crippen molar-refractivity contribution in [3.8, 4) is 5.75 Å². The highest BCUT2D eigenvalue weighted by molar-refractivity contribution is 5.89. The third-order valence-corrected chi connectivity index (χ3v) is 5.77. The lowest BCUT2D eigenvalue weighted by Crippen LogP contribution is -2.45. The summed E-state index contributed by atoms with van der Waals surface area (Å²) in [4.78, 5) is 23.0. The van der Waals surface area contributed by atoms with Crippen LogP contribution in [0.5, 0.6) is 5.75 Å². The Labute approximate surface area is 200 Å². The molecule has 34 heavy (non-hydrogen) atoms. The van der Waals surface area contributed by atoms with Gasteiger partial charge in [-0.1, -0.05) is 12.1 Å². The Kier molecular flexibility index (Phi) is 7.23. The van der Waals surface area contributed by atoms with Crippen LogP contribution in [0.3, 0.4) is 0 Å². The van der Waals surface area contributed by atoms with Crippen molar-refractivity contribution in [1.29, 1.82) is 0 Å². The van der Waals surface area contributed by atoms with E-state index in [9.17, 15) is 4.79 Å². The average molecular weight is 471 g/mol. The van der Waals surface area contributed by atoms with E-state index in [0.717, 1.165) is 24.3 Å². The quantitative estimate of drug-likeness (QED) is 0.609. The molecule has 2 aliphatic rings. The van der Waals surface area contributed by atoms with E-state index < -0.39 is 6.09 Å². The molecule has 2 fully saturated rings. The maximum absolute atomic E-state index is 12.5. The van der Waals surface area contributed by atoms with E-state index in [1.165, 1.54) is 0 Å². The van der Waals surface area contributed by atoms with E-state index in [2.05, 4.69) is 15.3 Å². The van der Waals surface area contributed by atoms with Crippen LogP contribution in [0, 0.1) is 0 Å². The van der Waals surface area contributed by atoms with Crippen LogP contribution in [0.2, 0.25) is 0 Å². The van der Waals surface area contributed by atoms with Crippen molar-refractivity contribution in [1.82, 2.24) is 9.97 Å². The maximum Gasteiger partial charge on any atom is 0.416 e.